The Hall–Kier alpha value is -3.35. The molecule has 1 aromatic carbocycles. The second-order valence-corrected chi connectivity index (χ2v) is 7.93. The van der Waals surface area contributed by atoms with E-state index < -0.39 is 6.09 Å². The van der Waals surface area contributed by atoms with Crippen LogP contribution in [0.15, 0.2) is 42.0 Å². The van der Waals surface area contributed by atoms with Crippen LogP contribution in [-0.4, -0.2) is 33.4 Å². The molecule has 0 aliphatic carbocycles. The molecule has 7 heteroatoms. The number of carboxylic acid groups (broad SMARTS) is 1. The van der Waals surface area contributed by atoms with E-state index in [1.807, 2.05) is 39.0 Å². The van der Waals surface area contributed by atoms with Gasteiger partial charge < -0.3 is 19.7 Å². The van der Waals surface area contributed by atoms with Gasteiger partial charge in [-0.3, -0.25) is 9.78 Å². The fourth-order valence-corrected chi connectivity index (χ4v) is 3.78. The minimum absolute atomic E-state index is 0.110. The van der Waals surface area contributed by atoms with Crippen LogP contribution in [0.5, 0.6) is 5.75 Å². The molecule has 0 fully saturated rings. The molecular formula is C23H27N3O4. The van der Waals surface area contributed by atoms with Crippen LogP contribution in [0.25, 0.3) is 27.2 Å². The number of nitrogens with one attached hydrogen (secondary N) is 1. The summed E-state index contributed by atoms with van der Waals surface area (Å²) in [6, 6.07) is 5.57. The van der Waals surface area contributed by atoms with E-state index in [2.05, 4.69) is 16.9 Å². The number of benzene rings is 1. The Balaban J connectivity index is 1.98. The Morgan fingerprint density at radius 1 is 1.30 bits per heavy atom. The van der Waals surface area contributed by atoms with E-state index >= 15 is 0 Å². The molecule has 1 amide bonds. The van der Waals surface area contributed by atoms with E-state index in [-0.39, 0.29) is 17.5 Å². The first-order chi connectivity index (χ1) is 14.2. The van der Waals surface area contributed by atoms with Crippen LogP contribution in [0.1, 0.15) is 32.8 Å². The molecule has 2 aromatic heterocycles. The molecule has 2 heterocycles. The number of amides is 1. The summed E-state index contributed by atoms with van der Waals surface area (Å²) >= 11 is 0. The van der Waals surface area contributed by atoms with Crippen molar-refractivity contribution in [3.05, 3.63) is 53.1 Å². The van der Waals surface area contributed by atoms with Crippen LogP contribution < -0.4 is 15.6 Å². The van der Waals surface area contributed by atoms with Gasteiger partial charge in [-0.1, -0.05) is 13.5 Å². The van der Waals surface area contributed by atoms with Crippen molar-refractivity contribution >= 4 is 33.3 Å². The highest BCUT2D eigenvalue weighted by molar-refractivity contribution is 6.06. The molecule has 0 saturated carbocycles. The van der Waals surface area contributed by atoms with Crippen molar-refractivity contribution in [3.8, 4) is 5.75 Å². The molecule has 30 heavy (non-hydrogen) atoms. The van der Waals surface area contributed by atoms with Crippen molar-refractivity contribution in [2.24, 2.45) is 13.0 Å². The summed E-state index contributed by atoms with van der Waals surface area (Å²) < 4.78 is 7.73. The standard InChI is InChI=1S/C23H27N3O4/c1-13(2)17-9-18-16-6-7-24-11-19(16)22(27)26(5)20(18)10-21(17)30-12-14(3)8-15(4)25-23(28)29/h6-7,9-11,14-15,25H,1,8,12H2,2-5H3,(H,28,29). The third-order valence-electron chi connectivity index (χ3n) is 5.21. The van der Waals surface area contributed by atoms with E-state index in [0.717, 1.165) is 27.4 Å². The topological polar surface area (TPSA) is 93.5 Å². The Morgan fingerprint density at radius 3 is 2.70 bits per heavy atom. The Labute approximate surface area is 175 Å². The number of nitrogens with zero attached hydrogens (tertiary/aromatic N) is 2. The highest BCUT2D eigenvalue weighted by atomic mass is 16.5. The highest BCUT2D eigenvalue weighted by Crippen LogP contribution is 2.33. The number of hydrogen-bond acceptors (Lipinski definition) is 4. The van der Waals surface area contributed by atoms with Gasteiger partial charge in [-0.05, 0) is 49.3 Å². The molecule has 2 N–H and O–H groups in total. The van der Waals surface area contributed by atoms with Crippen molar-refractivity contribution in [3.63, 3.8) is 0 Å². The lowest BCUT2D eigenvalue weighted by atomic mass is 10.0. The number of carbonyl (C=O) groups is 1. The molecule has 3 rings (SSSR count). The maximum absolute atomic E-state index is 12.8. The first kappa shape index (κ1) is 21.4. The lowest BCUT2D eigenvalue weighted by Crippen LogP contribution is -2.33. The van der Waals surface area contributed by atoms with Gasteiger partial charge in [-0.2, -0.15) is 0 Å². The number of allylic oxidation sites excluding steroid dienone is 1. The zero-order chi connectivity index (χ0) is 22.0. The second-order valence-electron chi connectivity index (χ2n) is 7.93. The maximum Gasteiger partial charge on any atom is 0.404 e. The van der Waals surface area contributed by atoms with E-state index in [0.29, 0.717) is 24.2 Å². The fraction of sp³-hybridized carbons (Fsp3) is 0.348. The number of ether oxygens (including phenoxy) is 1. The second kappa shape index (κ2) is 8.57. The Kier molecular flexibility index (Phi) is 6.10. The van der Waals surface area contributed by atoms with E-state index in [1.165, 1.54) is 0 Å². The average molecular weight is 409 g/mol. The van der Waals surface area contributed by atoms with Gasteiger partial charge in [0.1, 0.15) is 5.75 Å². The SMILES string of the molecule is C=C(C)c1cc2c3ccncc3c(=O)n(C)c2cc1OCC(C)CC(C)NC(=O)O. The molecule has 0 radical (unpaired) electrons. The quantitative estimate of drug-likeness (QED) is 0.571. The van der Waals surface area contributed by atoms with Gasteiger partial charge >= 0.3 is 6.09 Å². The van der Waals surface area contributed by atoms with Crippen molar-refractivity contribution in [2.75, 3.05) is 6.61 Å². The zero-order valence-corrected chi connectivity index (χ0v) is 17.7. The van der Waals surface area contributed by atoms with E-state index in [4.69, 9.17) is 9.84 Å². The van der Waals surface area contributed by atoms with E-state index in [1.54, 1.807) is 24.0 Å². The minimum Gasteiger partial charge on any atom is -0.493 e. The normalized spacial score (nSPS) is 13.2. The maximum atomic E-state index is 12.8. The van der Waals surface area contributed by atoms with Gasteiger partial charge in [-0.15, -0.1) is 0 Å². The van der Waals surface area contributed by atoms with Crippen LogP contribution in [-0.2, 0) is 7.05 Å². The summed E-state index contributed by atoms with van der Waals surface area (Å²) in [6.07, 6.45) is 2.90. The van der Waals surface area contributed by atoms with Crippen LogP contribution in [0.3, 0.4) is 0 Å². The summed E-state index contributed by atoms with van der Waals surface area (Å²) in [5, 5.41) is 13.7. The summed E-state index contributed by atoms with van der Waals surface area (Å²) in [6.45, 7) is 10.3. The molecule has 0 bridgehead atoms. The largest absolute Gasteiger partial charge is 0.493 e. The Morgan fingerprint density at radius 2 is 2.03 bits per heavy atom. The minimum atomic E-state index is -1.03. The lowest BCUT2D eigenvalue weighted by Gasteiger charge is -2.20. The number of aromatic nitrogens is 2. The number of pyridine rings is 2. The zero-order valence-electron chi connectivity index (χ0n) is 17.7. The molecular weight excluding hydrogens is 382 g/mol. The van der Waals surface area contributed by atoms with Crippen LogP contribution in [0.4, 0.5) is 4.79 Å². The summed E-state index contributed by atoms with van der Waals surface area (Å²) in [5.74, 6) is 0.788. The molecule has 2 atom stereocenters. The van der Waals surface area contributed by atoms with Gasteiger partial charge in [0, 0.05) is 42.5 Å². The van der Waals surface area contributed by atoms with Crippen molar-refractivity contribution in [1.29, 1.82) is 0 Å². The molecule has 0 aliphatic heterocycles. The summed E-state index contributed by atoms with van der Waals surface area (Å²) in [5.41, 5.74) is 2.40. The number of rotatable bonds is 7. The molecule has 158 valence electrons. The van der Waals surface area contributed by atoms with Crippen LogP contribution in [0.2, 0.25) is 0 Å². The smallest absolute Gasteiger partial charge is 0.404 e. The van der Waals surface area contributed by atoms with Crippen LogP contribution >= 0.6 is 0 Å². The fourth-order valence-electron chi connectivity index (χ4n) is 3.78. The van der Waals surface area contributed by atoms with Crippen molar-refractivity contribution in [2.45, 2.75) is 33.2 Å². The molecule has 7 nitrogen and oxygen atoms in total. The van der Waals surface area contributed by atoms with Gasteiger partial charge in [0.05, 0.1) is 17.5 Å². The van der Waals surface area contributed by atoms with Crippen LogP contribution in [0, 0.1) is 5.92 Å². The van der Waals surface area contributed by atoms with E-state index in [9.17, 15) is 9.59 Å². The predicted octanol–water partition coefficient (Wildman–Crippen LogP) is 4.18. The third kappa shape index (κ3) is 4.30. The highest BCUT2D eigenvalue weighted by Gasteiger charge is 2.16. The first-order valence-corrected chi connectivity index (χ1v) is 9.87. The van der Waals surface area contributed by atoms with Gasteiger partial charge in [0.25, 0.3) is 5.56 Å². The molecule has 0 aliphatic rings. The van der Waals surface area contributed by atoms with Gasteiger partial charge in [-0.25, -0.2) is 4.79 Å². The first-order valence-electron chi connectivity index (χ1n) is 9.87. The number of aryl methyl sites for hydroxylation is 1. The monoisotopic (exact) mass is 409 g/mol. The molecule has 0 spiro atoms. The van der Waals surface area contributed by atoms with Crippen molar-refractivity contribution < 1.29 is 14.6 Å². The lowest BCUT2D eigenvalue weighted by molar-refractivity contribution is 0.185. The van der Waals surface area contributed by atoms with Gasteiger partial charge in [0.2, 0.25) is 0 Å². The Bertz CT molecular complexity index is 1180. The molecule has 0 saturated heterocycles. The summed E-state index contributed by atoms with van der Waals surface area (Å²) in [4.78, 5) is 27.6. The number of hydrogen-bond donors (Lipinski definition) is 2. The number of fused-ring (bicyclic) bond motifs is 3. The molecule has 2 unspecified atom stereocenters. The van der Waals surface area contributed by atoms with Crippen molar-refractivity contribution in [1.82, 2.24) is 14.9 Å². The van der Waals surface area contributed by atoms with Gasteiger partial charge in [0.15, 0.2) is 0 Å². The third-order valence-corrected chi connectivity index (χ3v) is 5.21. The molecule has 3 aromatic rings. The predicted molar refractivity (Wildman–Crippen MR) is 119 cm³/mol. The summed E-state index contributed by atoms with van der Waals surface area (Å²) in [7, 11) is 1.74. The average Bonchev–Trinajstić information content (AvgIpc) is 2.69.